The second kappa shape index (κ2) is 10.9. The summed E-state index contributed by atoms with van der Waals surface area (Å²) >= 11 is 0. The monoisotopic (exact) mass is 446 g/mol. The zero-order valence-corrected chi connectivity index (χ0v) is 18.7. The molecule has 2 aliphatic carbocycles. The predicted octanol–water partition coefficient (Wildman–Crippen LogP) is 4.20. The van der Waals surface area contributed by atoms with Crippen LogP contribution in [0.25, 0.3) is 29.0 Å². The Kier molecular flexibility index (Phi) is 7.45. The lowest BCUT2D eigenvalue weighted by Gasteiger charge is -2.14. The van der Waals surface area contributed by atoms with E-state index in [0.717, 1.165) is 50.2 Å². The number of nitrogens with one attached hydrogen (secondary N) is 2. The molecule has 0 fully saturated rings. The number of hydrogen-bond donors (Lipinski definition) is 3. The molecule has 0 atom stereocenters. The summed E-state index contributed by atoms with van der Waals surface area (Å²) in [5.41, 5.74) is 2.54. The van der Waals surface area contributed by atoms with Gasteiger partial charge in [0.2, 0.25) is 0 Å². The van der Waals surface area contributed by atoms with Gasteiger partial charge in [-0.2, -0.15) is 0 Å². The Morgan fingerprint density at radius 3 is 2.36 bits per heavy atom. The van der Waals surface area contributed by atoms with Crippen molar-refractivity contribution in [2.45, 2.75) is 44.9 Å². The molecule has 6 nitrogen and oxygen atoms in total. The van der Waals surface area contributed by atoms with Gasteiger partial charge in [-0.1, -0.05) is 68.2 Å². The molecule has 0 saturated heterocycles. The average molecular weight is 447 g/mol. The molecule has 0 aromatic heterocycles. The van der Waals surface area contributed by atoms with Crippen molar-refractivity contribution in [2.75, 3.05) is 13.1 Å². The zero-order valence-electron chi connectivity index (χ0n) is 18.7. The van der Waals surface area contributed by atoms with Crippen molar-refractivity contribution in [2.24, 2.45) is 0 Å². The third-order valence-electron chi connectivity index (χ3n) is 6.13. The molecular weight excluding hydrogens is 416 g/mol. The zero-order chi connectivity index (χ0) is 23.0. The quantitative estimate of drug-likeness (QED) is 0.477. The average Bonchev–Trinajstić information content (AvgIpc) is 3.29. The van der Waals surface area contributed by atoms with E-state index in [4.69, 9.17) is 9.84 Å². The minimum atomic E-state index is -0.966. The summed E-state index contributed by atoms with van der Waals surface area (Å²) in [6.07, 6.45) is 15.6. The molecule has 6 heteroatoms. The van der Waals surface area contributed by atoms with E-state index < -0.39 is 12.2 Å². The Hall–Kier alpha value is -3.54. The van der Waals surface area contributed by atoms with Gasteiger partial charge in [0.25, 0.3) is 0 Å². The molecule has 0 aliphatic heterocycles. The third kappa shape index (κ3) is 5.83. The Morgan fingerprint density at radius 1 is 0.879 bits per heavy atom. The fourth-order valence-corrected chi connectivity index (χ4v) is 4.44. The van der Waals surface area contributed by atoms with E-state index in [-0.39, 0.29) is 0 Å². The molecule has 0 heterocycles. The molecule has 0 radical (unpaired) electrons. The van der Waals surface area contributed by atoms with Crippen LogP contribution in [-0.4, -0.2) is 30.4 Å². The lowest BCUT2D eigenvalue weighted by molar-refractivity contribution is 0.180. The van der Waals surface area contributed by atoms with Crippen LogP contribution in [0.15, 0.2) is 42.2 Å². The van der Waals surface area contributed by atoms with Crippen molar-refractivity contribution >= 4 is 41.2 Å². The second-order valence-electron chi connectivity index (χ2n) is 8.45. The largest absolute Gasteiger partial charge is 0.465 e. The number of allylic oxidation sites excluding steroid dienone is 3. The van der Waals surface area contributed by atoms with E-state index in [1.807, 2.05) is 12.2 Å². The fraction of sp³-hybridized carbons (Fsp3) is 0.333. The SMILES string of the molecule is O=C(O)NCCCCCCCCNC(=O)OC1=CCc2c(ccc3c4c(ccc23)=CC=C4)=C1. The van der Waals surface area contributed by atoms with Crippen LogP contribution in [0, 0.1) is 0 Å². The molecule has 0 spiro atoms. The van der Waals surface area contributed by atoms with Gasteiger partial charge >= 0.3 is 12.2 Å². The number of carbonyl (C=O) groups excluding carboxylic acids is 1. The number of alkyl carbamates (subject to hydrolysis) is 1. The first-order valence-corrected chi connectivity index (χ1v) is 11.7. The van der Waals surface area contributed by atoms with Gasteiger partial charge in [0.15, 0.2) is 0 Å². The molecule has 0 unspecified atom stereocenters. The van der Waals surface area contributed by atoms with Crippen LogP contribution < -0.4 is 21.1 Å². The Bertz CT molecular complexity index is 1230. The molecule has 0 bridgehead atoms. The number of rotatable bonds is 10. The molecule has 2 aromatic rings. The molecule has 0 saturated carbocycles. The van der Waals surface area contributed by atoms with Crippen LogP contribution in [0.5, 0.6) is 0 Å². The fourth-order valence-electron chi connectivity index (χ4n) is 4.44. The van der Waals surface area contributed by atoms with E-state index in [1.165, 1.54) is 27.1 Å². The summed E-state index contributed by atoms with van der Waals surface area (Å²) in [6.45, 7) is 1.10. The predicted molar refractivity (Wildman–Crippen MR) is 131 cm³/mol. The summed E-state index contributed by atoms with van der Waals surface area (Å²) in [6, 6.07) is 8.61. The summed E-state index contributed by atoms with van der Waals surface area (Å²) in [7, 11) is 0. The second-order valence-corrected chi connectivity index (χ2v) is 8.45. The molecular formula is C27H30N2O4. The van der Waals surface area contributed by atoms with Crippen molar-refractivity contribution in [3.05, 3.63) is 63.7 Å². The highest BCUT2D eigenvalue weighted by molar-refractivity contribution is 5.96. The molecule has 4 rings (SSSR count). The van der Waals surface area contributed by atoms with E-state index in [2.05, 4.69) is 53.1 Å². The van der Waals surface area contributed by atoms with Crippen molar-refractivity contribution in [3.63, 3.8) is 0 Å². The van der Waals surface area contributed by atoms with Crippen LogP contribution in [0.1, 0.15) is 49.7 Å². The Morgan fingerprint density at radius 2 is 1.58 bits per heavy atom. The molecule has 33 heavy (non-hydrogen) atoms. The first kappa shape index (κ1) is 22.6. The van der Waals surface area contributed by atoms with Crippen molar-refractivity contribution in [1.82, 2.24) is 10.6 Å². The van der Waals surface area contributed by atoms with E-state index in [9.17, 15) is 9.59 Å². The number of ether oxygens (including phenoxy) is 1. The minimum Gasteiger partial charge on any atom is -0.465 e. The number of hydrogen-bond acceptors (Lipinski definition) is 3. The summed E-state index contributed by atoms with van der Waals surface area (Å²) in [5, 5.41) is 18.6. The highest BCUT2D eigenvalue weighted by Crippen LogP contribution is 2.23. The van der Waals surface area contributed by atoms with Gasteiger partial charge in [-0.15, -0.1) is 0 Å². The summed E-state index contributed by atoms with van der Waals surface area (Å²) in [5.74, 6) is 0.587. The standard InChI is InChI=1S/C27H30N2O4/c30-26(31)28-16-5-3-1-2-4-6-17-29-27(32)33-21-12-15-23-20(18-21)11-14-24-22-9-7-8-19(22)10-13-25(23)24/h7-14,18,28H,1-6,15-17H2,(H,29,32)(H,30,31). The van der Waals surface area contributed by atoms with Gasteiger partial charge in [0, 0.05) is 13.1 Å². The van der Waals surface area contributed by atoms with Gasteiger partial charge in [-0.05, 0) is 63.8 Å². The molecule has 2 amide bonds. The number of carboxylic acid groups (broad SMARTS) is 1. The van der Waals surface area contributed by atoms with Crippen LogP contribution in [-0.2, 0) is 11.2 Å². The molecule has 2 aromatic carbocycles. The number of fused-ring (bicyclic) bond motifs is 5. The maximum absolute atomic E-state index is 12.2. The van der Waals surface area contributed by atoms with Crippen LogP contribution >= 0.6 is 0 Å². The Balaban J connectivity index is 1.20. The van der Waals surface area contributed by atoms with E-state index >= 15 is 0 Å². The molecule has 3 N–H and O–H groups in total. The first-order valence-electron chi connectivity index (χ1n) is 11.7. The maximum Gasteiger partial charge on any atom is 0.412 e. The Labute approximate surface area is 193 Å². The van der Waals surface area contributed by atoms with Crippen molar-refractivity contribution in [3.8, 4) is 0 Å². The maximum atomic E-state index is 12.2. The molecule has 172 valence electrons. The number of amides is 2. The van der Waals surface area contributed by atoms with Gasteiger partial charge in [-0.25, -0.2) is 9.59 Å². The third-order valence-corrected chi connectivity index (χ3v) is 6.13. The van der Waals surface area contributed by atoms with Crippen LogP contribution in [0.3, 0.4) is 0 Å². The normalized spacial score (nSPS) is 13.4. The summed E-state index contributed by atoms with van der Waals surface area (Å²) in [4.78, 5) is 22.5. The van der Waals surface area contributed by atoms with Gasteiger partial charge < -0.3 is 20.5 Å². The smallest absolute Gasteiger partial charge is 0.412 e. The van der Waals surface area contributed by atoms with Gasteiger partial charge in [0.1, 0.15) is 5.76 Å². The van der Waals surface area contributed by atoms with Crippen LogP contribution in [0.4, 0.5) is 9.59 Å². The first-order chi connectivity index (χ1) is 16.1. The summed E-state index contributed by atoms with van der Waals surface area (Å²) < 4.78 is 5.51. The van der Waals surface area contributed by atoms with E-state index in [0.29, 0.717) is 18.8 Å². The van der Waals surface area contributed by atoms with Crippen molar-refractivity contribution < 1.29 is 19.4 Å². The number of benzene rings is 2. The van der Waals surface area contributed by atoms with E-state index in [1.54, 1.807) is 0 Å². The van der Waals surface area contributed by atoms with Gasteiger partial charge in [0.05, 0.1) is 0 Å². The van der Waals surface area contributed by atoms with Gasteiger partial charge in [-0.3, -0.25) is 0 Å². The topological polar surface area (TPSA) is 87.7 Å². The highest BCUT2D eigenvalue weighted by Gasteiger charge is 2.13. The molecule has 2 aliphatic rings. The number of carbonyl (C=O) groups is 2. The lowest BCUT2D eigenvalue weighted by Crippen LogP contribution is -2.26. The highest BCUT2D eigenvalue weighted by atomic mass is 16.6. The van der Waals surface area contributed by atoms with Crippen molar-refractivity contribution in [1.29, 1.82) is 0 Å². The minimum absolute atomic E-state index is 0.417. The van der Waals surface area contributed by atoms with Crippen LogP contribution in [0.2, 0.25) is 0 Å². The lowest BCUT2D eigenvalue weighted by atomic mass is 9.94. The number of unbranched alkanes of at least 4 members (excludes halogenated alkanes) is 5.